The third-order valence-electron chi connectivity index (χ3n) is 12.3. The Morgan fingerprint density at radius 1 is 0.446 bits per heavy atom. The summed E-state index contributed by atoms with van der Waals surface area (Å²) < 4.78 is 8.91. The first-order valence-electron chi connectivity index (χ1n) is 19.4. The molecule has 0 radical (unpaired) electrons. The van der Waals surface area contributed by atoms with Crippen LogP contribution >= 0.6 is 0 Å². The summed E-state index contributed by atoms with van der Waals surface area (Å²) >= 11 is 0. The highest BCUT2D eigenvalue weighted by Crippen LogP contribution is 2.52. The highest BCUT2D eigenvalue weighted by Gasteiger charge is 2.36. The van der Waals surface area contributed by atoms with Crippen LogP contribution in [0.5, 0.6) is 0 Å². The summed E-state index contributed by atoms with van der Waals surface area (Å²) in [7, 11) is 0. The zero-order valence-electron chi connectivity index (χ0n) is 31.1. The fourth-order valence-corrected chi connectivity index (χ4v) is 9.71. The van der Waals surface area contributed by atoms with Crippen molar-refractivity contribution in [3.8, 4) is 16.8 Å². The van der Waals surface area contributed by atoms with Crippen molar-refractivity contribution in [1.82, 2.24) is 4.57 Å². The molecule has 9 aromatic carbocycles. The Bertz CT molecular complexity index is 3400. The number of para-hydroxylation sites is 2. The number of anilines is 3. The van der Waals surface area contributed by atoms with E-state index >= 15 is 0 Å². The summed E-state index contributed by atoms with van der Waals surface area (Å²) in [5.74, 6) is 0. The van der Waals surface area contributed by atoms with Gasteiger partial charge in [0.15, 0.2) is 0 Å². The van der Waals surface area contributed by atoms with Crippen LogP contribution in [0.4, 0.5) is 17.1 Å². The van der Waals surface area contributed by atoms with Crippen molar-refractivity contribution in [2.24, 2.45) is 0 Å². The molecule has 0 saturated carbocycles. The Balaban J connectivity index is 1.15. The molecule has 56 heavy (non-hydrogen) atoms. The van der Waals surface area contributed by atoms with Gasteiger partial charge in [-0.25, -0.2) is 0 Å². The van der Waals surface area contributed by atoms with E-state index in [0.717, 1.165) is 44.7 Å². The van der Waals surface area contributed by atoms with E-state index < -0.39 is 0 Å². The standard InChI is InChI=1S/C53H36N2O/c1-53(2)45-20-10-8-19-41(45)52-42-32-49-43(29-34(42)23-27-46(52)53)44-30-36(25-28-48(44)55(49)35-15-4-3-5-16-35)54(47-21-12-14-33-13-6-7-17-38(33)47)37-24-26-40-39-18-9-11-22-50(39)56-51(40)31-37/h3-32H,1-2H3. The van der Waals surface area contributed by atoms with Gasteiger partial charge in [-0.2, -0.15) is 0 Å². The number of nitrogens with zero attached hydrogens (tertiary/aromatic N) is 2. The largest absolute Gasteiger partial charge is 0.456 e. The molecule has 0 fully saturated rings. The molecule has 264 valence electrons. The molecule has 2 heterocycles. The van der Waals surface area contributed by atoms with Gasteiger partial charge < -0.3 is 13.9 Å². The number of furan rings is 1. The second-order valence-electron chi connectivity index (χ2n) is 15.7. The average molecular weight is 717 g/mol. The Morgan fingerprint density at radius 2 is 1.16 bits per heavy atom. The average Bonchev–Trinajstić information content (AvgIpc) is 3.85. The van der Waals surface area contributed by atoms with Crippen LogP contribution in [0.3, 0.4) is 0 Å². The van der Waals surface area contributed by atoms with E-state index in [-0.39, 0.29) is 5.41 Å². The number of rotatable bonds is 4. The lowest BCUT2D eigenvalue weighted by molar-refractivity contribution is 0.661. The summed E-state index contributed by atoms with van der Waals surface area (Å²) in [6.45, 7) is 4.72. The van der Waals surface area contributed by atoms with Crippen molar-refractivity contribution in [2.45, 2.75) is 19.3 Å². The lowest BCUT2D eigenvalue weighted by Gasteiger charge is -2.27. The van der Waals surface area contributed by atoms with Crippen LogP contribution < -0.4 is 4.90 Å². The summed E-state index contributed by atoms with van der Waals surface area (Å²) in [6.07, 6.45) is 0. The lowest BCUT2D eigenvalue weighted by Crippen LogP contribution is -2.14. The van der Waals surface area contributed by atoms with Crippen LogP contribution in [0.1, 0.15) is 25.0 Å². The molecule has 12 rings (SSSR count). The van der Waals surface area contributed by atoms with E-state index in [1.807, 2.05) is 12.1 Å². The van der Waals surface area contributed by atoms with Gasteiger partial charge in [0, 0.05) is 55.5 Å². The Labute approximate surface area is 324 Å². The molecule has 11 aromatic rings. The maximum absolute atomic E-state index is 6.46. The Hall–Kier alpha value is -7.10. The van der Waals surface area contributed by atoms with Crippen molar-refractivity contribution in [3.05, 3.63) is 193 Å². The van der Waals surface area contributed by atoms with E-state index in [2.05, 4.69) is 193 Å². The second-order valence-corrected chi connectivity index (χ2v) is 15.7. The molecule has 0 spiro atoms. The first-order chi connectivity index (χ1) is 27.5. The van der Waals surface area contributed by atoms with E-state index in [1.165, 1.54) is 65.6 Å². The van der Waals surface area contributed by atoms with E-state index in [9.17, 15) is 0 Å². The Morgan fingerprint density at radius 3 is 2.07 bits per heavy atom. The van der Waals surface area contributed by atoms with E-state index in [4.69, 9.17) is 4.42 Å². The fraction of sp³-hybridized carbons (Fsp3) is 0.0566. The molecule has 0 atom stereocenters. The number of hydrogen-bond acceptors (Lipinski definition) is 2. The molecular formula is C53H36N2O. The highest BCUT2D eigenvalue weighted by atomic mass is 16.3. The summed E-state index contributed by atoms with van der Waals surface area (Å²) in [5, 5.41) is 9.62. The van der Waals surface area contributed by atoms with Gasteiger partial charge >= 0.3 is 0 Å². The van der Waals surface area contributed by atoms with Gasteiger partial charge in [-0.15, -0.1) is 0 Å². The van der Waals surface area contributed by atoms with Crippen LogP contribution in [-0.2, 0) is 5.41 Å². The molecular weight excluding hydrogens is 681 g/mol. The van der Waals surface area contributed by atoms with Crippen LogP contribution in [0.15, 0.2) is 186 Å². The molecule has 0 N–H and O–H groups in total. The predicted molar refractivity (Wildman–Crippen MR) is 235 cm³/mol. The summed E-state index contributed by atoms with van der Waals surface area (Å²) in [6, 6.07) is 66.5. The zero-order chi connectivity index (χ0) is 37.1. The van der Waals surface area contributed by atoms with E-state index in [0.29, 0.717) is 0 Å². The van der Waals surface area contributed by atoms with Crippen molar-refractivity contribution >= 4 is 82.4 Å². The van der Waals surface area contributed by atoms with Crippen molar-refractivity contribution in [1.29, 1.82) is 0 Å². The zero-order valence-corrected chi connectivity index (χ0v) is 31.1. The van der Waals surface area contributed by atoms with Gasteiger partial charge in [-0.3, -0.25) is 0 Å². The number of aromatic nitrogens is 1. The van der Waals surface area contributed by atoms with E-state index in [1.54, 1.807) is 0 Å². The molecule has 1 aliphatic carbocycles. The van der Waals surface area contributed by atoms with Crippen LogP contribution in [0.25, 0.3) is 82.1 Å². The minimum absolute atomic E-state index is 0.0629. The lowest BCUT2D eigenvalue weighted by atomic mass is 9.82. The maximum atomic E-state index is 6.46. The first-order valence-corrected chi connectivity index (χ1v) is 19.4. The Kier molecular flexibility index (Phi) is 6.40. The molecule has 0 saturated heterocycles. The van der Waals surface area contributed by atoms with Crippen molar-refractivity contribution < 1.29 is 4.42 Å². The third kappa shape index (κ3) is 4.34. The van der Waals surface area contributed by atoms with Gasteiger partial charge in [0.25, 0.3) is 0 Å². The molecule has 0 amide bonds. The minimum atomic E-state index is -0.0629. The number of fused-ring (bicyclic) bond motifs is 12. The molecule has 2 aromatic heterocycles. The smallest absolute Gasteiger partial charge is 0.137 e. The van der Waals surface area contributed by atoms with Gasteiger partial charge in [-0.05, 0) is 105 Å². The number of hydrogen-bond donors (Lipinski definition) is 0. The fourth-order valence-electron chi connectivity index (χ4n) is 9.71. The molecule has 0 aliphatic heterocycles. The summed E-state index contributed by atoms with van der Waals surface area (Å²) in [4.78, 5) is 2.40. The molecule has 3 nitrogen and oxygen atoms in total. The van der Waals surface area contributed by atoms with Crippen LogP contribution in [0, 0.1) is 0 Å². The highest BCUT2D eigenvalue weighted by molar-refractivity contribution is 6.17. The molecule has 0 bridgehead atoms. The predicted octanol–water partition coefficient (Wildman–Crippen LogP) is 14.8. The normalized spacial score (nSPS) is 13.3. The summed E-state index contributed by atoms with van der Waals surface area (Å²) in [5.41, 5.74) is 14.0. The van der Waals surface area contributed by atoms with Gasteiger partial charge in [-0.1, -0.05) is 123 Å². The third-order valence-corrected chi connectivity index (χ3v) is 12.3. The van der Waals surface area contributed by atoms with Gasteiger partial charge in [0.1, 0.15) is 11.2 Å². The maximum Gasteiger partial charge on any atom is 0.137 e. The molecule has 0 unspecified atom stereocenters. The van der Waals surface area contributed by atoms with Crippen LogP contribution in [-0.4, -0.2) is 4.57 Å². The van der Waals surface area contributed by atoms with Crippen molar-refractivity contribution in [3.63, 3.8) is 0 Å². The molecule has 3 heteroatoms. The topological polar surface area (TPSA) is 21.3 Å². The first kappa shape index (κ1) is 31.3. The van der Waals surface area contributed by atoms with Crippen molar-refractivity contribution in [2.75, 3.05) is 4.90 Å². The van der Waals surface area contributed by atoms with Gasteiger partial charge in [0.05, 0.1) is 16.7 Å². The minimum Gasteiger partial charge on any atom is -0.456 e. The SMILES string of the molecule is CC1(C)c2ccccc2-c2c1ccc1cc3c4cc(N(c5ccc6c(c5)oc5ccccc56)c5cccc6ccccc56)ccc4n(-c4ccccc4)c3cc21. The van der Waals surface area contributed by atoms with Crippen LogP contribution in [0.2, 0.25) is 0 Å². The second kappa shape index (κ2) is 11.5. The van der Waals surface area contributed by atoms with Gasteiger partial charge in [0.2, 0.25) is 0 Å². The monoisotopic (exact) mass is 716 g/mol. The quantitative estimate of drug-likeness (QED) is 0.181. The number of benzene rings is 9. The molecule has 1 aliphatic rings.